The molecule has 1 amide bonds. The Morgan fingerprint density at radius 2 is 2.03 bits per heavy atom. The van der Waals surface area contributed by atoms with E-state index in [1.165, 1.54) is 0 Å². The topological polar surface area (TPSA) is 84.1 Å². The highest BCUT2D eigenvalue weighted by Gasteiger charge is 2.27. The number of pyridine rings is 2. The molecule has 3 aromatic heterocycles. The van der Waals surface area contributed by atoms with Gasteiger partial charge < -0.3 is 14.6 Å². The first-order valence-electron chi connectivity index (χ1n) is 9.44. The Labute approximate surface area is 167 Å². The van der Waals surface area contributed by atoms with Crippen LogP contribution in [0.4, 0.5) is 0 Å². The number of aliphatic hydroxyl groups excluding tert-OH is 1. The van der Waals surface area contributed by atoms with Crippen molar-refractivity contribution in [2.45, 2.75) is 19.2 Å². The van der Waals surface area contributed by atoms with E-state index in [-0.39, 0.29) is 12.5 Å². The normalized spacial score (nSPS) is 16.0. The molecule has 1 aliphatic heterocycles. The summed E-state index contributed by atoms with van der Waals surface area (Å²) in [5.74, 6) is -0.158. The molecule has 1 aliphatic rings. The molecule has 144 valence electrons. The van der Waals surface area contributed by atoms with Crippen molar-refractivity contribution >= 4 is 17.1 Å². The number of hydrogen-bond donors (Lipinski definition) is 1. The molecule has 0 radical (unpaired) electrons. The maximum absolute atomic E-state index is 13.0. The average Bonchev–Trinajstić information content (AvgIpc) is 3.16. The molecule has 0 saturated heterocycles. The third-order valence-corrected chi connectivity index (χ3v) is 5.23. The van der Waals surface area contributed by atoms with Crippen molar-refractivity contribution < 1.29 is 9.90 Å². The molecule has 0 fully saturated rings. The highest BCUT2D eigenvalue weighted by Crippen LogP contribution is 2.27. The van der Waals surface area contributed by atoms with Gasteiger partial charge in [-0.2, -0.15) is 0 Å². The largest absolute Gasteiger partial charge is 0.387 e. The maximum Gasteiger partial charge on any atom is 0.255 e. The maximum atomic E-state index is 13.0. The van der Waals surface area contributed by atoms with Crippen LogP contribution in [0.3, 0.4) is 0 Å². The number of benzene rings is 1. The molecule has 5 rings (SSSR count). The second-order valence-corrected chi connectivity index (χ2v) is 7.20. The van der Waals surface area contributed by atoms with E-state index in [1.807, 2.05) is 47.2 Å². The van der Waals surface area contributed by atoms with Gasteiger partial charge in [-0.05, 0) is 28.8 Å². The molecule has 1 unspecified atom stereocenters. The summed E-state index contributed by atoms with van der Waals surface area (Å²) in [6.45, 7) is 1.35. The fourth-order valence-electron chi connectivity index (χ4n) is 3.79. The van der Waals surface area contributed by atoms with E-state index in [0.29, 0.717) is 24.2 Å². The molecule has 0 spiro atoms. The van der Waals surface area contributed by atoms with Gasteiger partial charge in [-0.3, -0.25) is 9.78 Å². The minimum Gasteiger partial charge on any atom is -0.387 e. The van der Waals surface area contributed by atoms with Crippen molar-refractivity contribution in [3.05, 3.63) is 89.6 Å². The Morgan fingerprint density at radius 3 is 2.90 bits per heavy atom. The van der Waals surface area contributed by atoms with E-state index in [9.17, 15) is 9.90 Å². The third kappa shape index (κ3) is 3.25. The average molecular weight is 385 g/mol. The van der Waals surface area contributed by atoms with Gasteiger partial charge in [-0.25, -0.2) is 9.97 Å². The zero-order chi connectivity index (χ0) is 19.8. The minimum atomic E-state index is -0.681. The first-order valence-corrected chi connectivity index (χ1v) is 9.44. The van der Waals surface area contributed by atoms with Gasteiger partial charge in [0.1, 0.15) is 5.52 Å². The van der Waals surface area contributed by atoms with Crippen LogP contribution in [-0.2, 0) is 13.1 Å². The Morgan fingerprint density at radius 1 is 1.14 bits per heavy atom. The van der Waals surface area contributed by atoms with Crippen molar-refractivity contribution in [1.82, 2.24) is 24.4 Å². The van der Waals surface area contributed by atoms with Crippen LogP contribution in [0.25, 0.3) is 11.2 Å². The summed E-state index contributed by atoms with van der Waals surface area (Å²) in [5, 5.41) is 10.4. The lowest BCUT2D eigenvalue weighted by molar-refractivity contribution is 0.0550. The smallest absolute Gasteiger partial charge is 0.255 e. The number of aromatic nitrogens is 4. The molecule has 0 aliphatic carbocycles. The van der Waals surface area contributed by atoms with Gasteiger partial charge in [0, 0.05) is 25.1 Å². The fourth-order valence-corrected chi connectivity index (χ4v) is 3.79. The van der Waals surface area contributed by atoms with E-state index in [4.69, 9.17) is 0 Å². The molecular weight excluding hydrogens is 366 g/mol. The lowest BCUT2D eigenvalue weighted by Crippen LogP contribution is -2.38. The van der Waals surface area contributed by atoms with E-state index in [1.54, 1.807) is 29.7 Å². The SMILES string of the molecule is O=C(c1cnc2c(c1)ncn2Cc1cccnc1)N1Cc2ccccc2C(O)C1. The second-order valence-electron chi connectivity index (χ2n) is 7.20. The number of hydrogen-bond acceptors (Lipinski definition) is 5. The predicted molar refractivity (Wildman–Crippen MR) is 107 cm³/mol. The summed E-state index contributed by atoms with van der Waals surface area (Å²) in [6, 6.07) is 13.3. The summed E-state index contributed by atoms with van der Waals surface area (Å²) in [5.41, 5.74) is 4.76. The van der Waals surface area contributed by atoms with Crippen molar-refractivity contribution in [2.75, 3.05) is 6.54 Å². The van der Waals surface area contributed by atoms with Crippen LogP contribution in [0, 0.1) is 0 Å². The molecule has 7 heteroatoms. The summed E-state index contributed by atoms with van der Waals surface area (Å²) >= 11 is 0. The van der Waals surface area contributed by atoms with Crippen molar-refractivity contribution in [3.8, 4) is 0 Å². The van der Waals surface area contributed by atoms with Crippen LogP contribution >= 0.6 is 0 Å². The molecule has 1 N–H and O–H groups in total. The fraction of sp³-hybridized carbons (Fsp3) is 0.182. The molecule has 29 heavy (non-hydrogen) atoms. The van der Waals surface area contributed by atoms with E-state index >= 15 is 0 Å². The van der Waals surface area contributed by atoms with Gasteiger partial charge >= 0.3 is 0 Å². The number of rotatable bonds is 3. The quantitative estimate of drug-likeness (QED) is 0.586. The molecule has 0 saturated carbocycles. The van der Waals surface area contributed by atoms with E-state index in [0.717, 1.165) is 22.3 Å². The van der Waals surface area contributed by atoms with Gasteiger partial charge in [0.2, 0.25) is 0 Å². The van der Waals surface area contributed by atoms with Gasteiger partial charge in [0.25, 0.3) is 5.91 Å². The van der Waals surface area contributed by atoms with Crippen LogP contribution in [-0.4, -0.2) is 42.0 Å². The number of aliphatic hydroxyl groups is 1. The number of imidazole rings is 1. The second kappa shape index (κ2) is 7.10. The first kappa shape index (κ1) is 17.5. The summed E-state index contributed by atoms with van der Waals surface area (Å²) in [6.07, 6.45) is 6.17. The molecular formula is C22H19N5O2. The van der Waals surface area contributed by atoms with Crippen molar-refractivity contribution in [1.29, 1.82) is 0 Å². The Kier molecular flexibility index (Phi) is 4.29. The summed E-state index contributed by atoms with van der Waals surface area (Å²) < 4.78 is 1.93. The monoisotopic (exact) mass is 385 g/mol. The Bertz CT molecular complexity index is 1190. The first-order chi connectivity index (χ1) is 14.2. The highest BCUT2D eigenvalue weighted by atomic mass is 16.3. The van der Waals surface area contributed by atoms with Crippen molar-refractivity contribution in [2.24, 2.45) is 0 Å². The summed E-state index contributed by atoms with van der Waals surface area (Å²) in [4.78, 5) is 27.7. The zero-order valence-corrected chi connectivity index (χ0v) is 15.6. The Balaban J connectivity index is 1.40. The van der Waals surface area contributed by atoms with Gasteiger partial charge in [-0.15, -0.1) is 0 Å². The number of fused-ring (bicyclic) bond motifs is 2. The van der Waals surface area contributed by atoms with Crippen LogP contribution in [0.5, 0.6) is 0 Å². The number of carbonyl (C=O) groups excluding carboxylic acids is 1. The number of nitrogens with zero attached hydrogens (tertiary/aromatic N) is 5. The molecule has 1 atom stereocenters. The van der Waals surface area contributed by atoms with Gasteiger partial charge in [0.05, 0.1) is 31.1 Å². The third-order valence-electron chi connectivity index (χ3n) is 5.23. The van der Waals surface area contributed by atoms with Crippen molar-refractivity contribution in [3.63, 3.8) is 0 Å². The standard InChI is InChI=1S/C22H19N5O2/c28-20-13-26(12-16-5-1-2-6-18(16)20)22(29)17-8-19-21(24-10-17)27(14-25-19)11-15-4-3-7-23-9-15/h1-10,14,20,28H,11-13H2. The number of carbonyl (C=O) groups is 1. The zero-order valence-electron chi connectivity index (χ0n) is 15.6. The summed E-state index contributed by atoms with van der Waals surface area (Å²) in [7, 11) is 0. The lowest BCUT2D eigenvalue weighted by Gasteiger charge is -2.32. The predicted octanol–water partition coefficient (Wildman–Crippen LogP) is 2.56. The molecule has 4 heterocycles. The Hall–Kier alpha value is -3.58. The van der Waals surface area contributed by atoms with Gasteiger partial charge in [0.15, 0.2) is 5.65 Å². The molecule has 1 aromatic carbocycles. The van der Waals surface area contributed by atoms with Gasteiger partial charge in [-0.1, -0.05) is 30.3 Å². The lowest BCUT2D eigenvalue weighted by atomic mass is 9.97. The number of amides is 1. The van der Waals surface area contributed by atoms with Crippen LogP contribution in [0.1, 0.15) is 33.2 Å². The number of β-amino-alcohol motifs (C(OH)–C–C–N with tert-alkyl or cyclic N) is 1. The van der Waals surface area contributed by atoms with Crippen LogP contribution < -0.4 is 0 Å². The van der Waals surface area contributed by atoms with Crippen LogP contribution in [0.2, 0.25) is 0 Å². The van der Waals surface area contributed by atoms with E-state index in [2.05, 4.69) is 15.0 Å². The highest BCUT2D eigenvalue weighted by molar-refractivity contribution is 5.96. The molecule has 7 nitrogen and oxygen atoms in total. The van der Waals surface area contributed by atoms with E-state index < -0.39 is 6.10 Å². The minimum absolute atomic E-state index is 0.158. The van der Waals surface area contributed by atoms with Crippen LogP contribution in [0.15, 0.2) is 67.4 Å². The molecule has 0 bridgehead atoms. The molecule has 4 aromatic rings.